The molecule has 0 aliphatic carbocycles. The summed E-state index contributed by atoms with van der Waals surface area (Å²) < 4.78 is 26.1. The van der Waals surface area contributed by atoms with E-state index >= 15 is 0 Å². The van der Waals surface area contributed by atoms with Gasteiger partial charge in [-0.05, 0) is 45.8 Å². The molecule has 3 atom stereocenters. The van der Waals surface area contributed by atoms with Crippen LogP contribution in [0.4, 0.5) is 0 Å². The van der Waals surface area contributed by atoms with E-state index in [-0.39, 0.29) is 11.6 Å². The molecule has 1 rings (SSSR count). The smallest absolute Gasteiger partial charge is 0.192 e. The van der Waals surface area contributed by atoms with Crippen molar-refractivity contribution in [2.24, 2.45) is 0 Å². The van der Waals surface area contributed by atoms with Crippen LogP contribution < -0.4 is 0 Å². The van der Waals surface area contributed by atoms with Gasteiger partial charge in [0.2, 0.25) is 0 Å². The van der Waals surface area contributed by atoms with Crippen LogP contribution in [0.25, 0.3) is 0 Å². The topological polar surface area (TPSA) is 47.9 Å². The molecular formula is C17H34O4Si. The fraction of sp³-hybridized carbons (Fsp3) is 0.882. The molecular weight excluding hydrogens is 296 g/mol. The van der Waals surface area contributed by atoms with Crippen LogP contribution in [0.1, 0.15) is 49.8 Å². The van der Waals surface area contributed by atoms with E-state index in [0.29, 0.717) is 0 Å². The lowest BCUT2D eigenvalue weighted by molar-refractivity contribution is -0.155. The lowest BCUT2D eigenvalue weighted by Gasteiger charge is -2.37. The largest absolute Gasteiger partial charge is 0.414 e. The minimum Gasteiger partial charge on any atom is -0.414 e. The van der Waals surface area contributed by atoms with Crippen LogP contribution in [0.3, 0.4) is 0 Å². The van der Waals surface area contributed by atoms with Crippen molar-refractivity contribution in [3.05, 3.63) is 11.6 Å². The number of allylic oxidation sites excluding steroid dienone is 1. The Labute approximate surface area is 138 Å². The van der Waals surface area contributed by atoms with E-state index in [1.54, 1.807) is 13.8 Å². The van der Waals surface area contributed by atoms with Gasteiger partial charge in [0.05, 0.1) is 7.98 Å². The number of aliphatic hydroxyl groups is 1. The highest BCUT2D eigenvalue weighted by Gasteiger charge is 2.45. The third kappa shape index (κ3) is 5.17. The van der Waals surface area contributed by atoms with Crippen LogP contribution in [0, 0.1) is 0 Å². The quantitative estimate of drug-likeness (QED) is 0.614. The van der Waals surface area contributed by atoms with Gasteiger partial charge in [0.15, 0.2) is 14.1 Å². The third-order valence-corrected chi connectivity index (χ3v) is 8.82. The van der Waals surface area contributed by atoms with Crippen LogP contribution in [-0.2, 0) is 13.9 Å². The molecule has 0 radical (unpaired) electrons. The minimum absolute atomic E-state index is 0.0225. The lowest BCUT2D eigenvalue weighted by atomic mass is 10.1. The molecule has 1 heterocycles. The second kappa shape index (κ2) is 6.73. The van der Waals surface area contributed by atoms with Gasteiger partial charge in [0.25, 0.3) is 0 Å². The zero-order valence-corrected chi connectivity index (χ0v) is 16.6. The highest BCUT2D eigenvalue weighted by molar-refractivity contribution is 6.74. The van der Waals surface area contributed by atoms with E-state index in [2.05, 4.69) is 33.9 Å². The summed E-state index contributed by atoms with van der Waals surface area (Å²) in [6, 6.07) is 0. The average Bonchev–Trinajstić information content (AvgIpc) is 2.60. The van der Waals surface area contributed by atoms with Crippen LogP contribution in [0.5, 0.6) is 0 Å². The van der Waals surface area contributed by atoms with Gasteiger partial charge in [-0.3, -0.25) is 0 Å². The normalized spacial score (nSPS) is 28.9. The molecule has 1 aliphatic heterocycles. The second-order valence-corrected chi connectivity index (χ2v) is 13.1. The van der Waals surface area contributed by atoms with Crippen molar-refractivity contribution in [3.8, 4) is 0 Å². The highest BCUT2D eigenvalue weighted by Crippen LogP contribution is 2.37. The Morgan fingerprint density at radius 3 is 2.36 bits per heavy atom. The van der Waals surface area contributed by atoms with Crippen molar-refractivity contribution >= 4 is 8.32 Å². The first-order valence-corrected chi connectivity index (χ1v) is 10.9. The van der Waals surface area contributed by atoms with Crippen molar-refractivity contribution in [3.63, 3.8) is 0 Å². The Kier molecular flexibility index (Phi) is 5.55. The van der Waals surface area contributed by atoms with Gasteiger partial charge in [-0.1, -0.05) is 32.4 Å². The van der Waals surface area contributed by atoms with Crippen molar-refractivity contribution in [2.75, 3.05) is 6.61 Å². The van der Waals surface area contributed by atoms with Crippen molar-refractivity contribution < 1.29 is 20.4 Å². The van der Waals surface area contributed by atoms with Gasteiger partial charge < -0.3 is 19.0 Å². The van der Waals surface area contributed by atoms with E-state index in [4.69, 9.17) is 15.3 Å². The van der Waals surface area contributed by atoms with Crippen LogP contribution >= 0.6 is 0 Å². The molecule has 0 amide bonds. The van der Waals surface area contributed by atoms with Gasteiger partial charge in [-0.15, -0.1) is 0 Å². The summed E-state index contributed by atoms with van der Waals surface area (Å²) in [6.45, 7) is 18.0. The van der Waals surface area contributed by atoms with E-state index in [1.165, 1.54) is 0 Å². The van der Waals surface area contributed by atoms with Crippen LogP contribution in [-0.4, -0.2) is 44.1 Å². The van der Waals surface area contributed by atoms with Crippen molar-refractivity contribution in [2.45, 2.75) is 90.7 Å². The highest BCUT2D eigenvalue weighted by atomic mass is 28.4. The molecule has 0 unspecified atom stereocenters. The first kappa shape index (κ1) is 18.1. The standard InChI is InChI=1S/C17H34O4Si/c1-12(2)10-14-15(21-17(6,7)20-14)13(18)11-19-22(8,9)16(3,4)5/h10,13-15,18H,11H2,1-9H3/t13-,14+,15-/m1/s1/i13D. The molecule has 0 bridgehead atoms. The lowest BCUT2D eigenvalue weighted by Crippen LogP contribution is -2.46. The van der Waals surface area contributed by atoms with Gasteiger partial charge in [-0.25, -0.2) is 0 Å². The molecule has 0 aromatic rings. The predicted molar refractivity (Wildman–Crippen MR) is 92.4 cm³/mol. The monoisotopic (exact) mass is 331 g/mol. The Bertz CT molecular complexity index is 448. The number of hydrogen-bond donors (Lipinski definition) is 1. The van der Waals surface area contributed by atoms with E-state index in [9.17, 15) is 5.11 Å². The SMILES string of the molecule is [2H][C@@](O)(CO[Si](C)(C)C(C)(C)C)[C@H]1OC(C)(C)O[C@H]1C=C(C)C. The molecule has 1 saturated heterocycles. The summed E-state index contributed by atoms with van der Waals surface area (Å²) in [7, 11) is -2.05. The molecule has 22 heavy (non-hydrogen) atoms. The van der Waals surface area contributed by atoms with Gasteiger partial charge >= 0.3 is 0 Å². The fourth-order valence-electron chi connectivity index (χ4n) is 2.05. The minimum atomic E-state index is -2.05. The number of rotatable bonds is 5. The maximum Gasteiger partial charge on any atom is 0.192 e. The summed E-state index contributed by atoms with van der Waals surface area (Å²) in [5.41, 5.74) is 1.06. The zero-order valence-electron chi connectivity index (χ0n) is 16.6. The predicted octanol–water partition coefficient (Wildman–Crippen LogP) is 3.86. The maximum absolute atomic E-state index is 10.7. The van der Waals surface area contributed by atoms with E-state index in [1.807, 2.05) is 19.9 Å². The Hall–Kier alpha value is -0.203. The molecule has 4 nitrogen and oxygen atoms in total. The molecule has 130 valence electrons. The Morgan fingerprint density at radius 1 is 1.36 bits per heavy atom. The first-order chi connectivity index (χ1) is 10.1. The van der Waals surface area contributed by atoms with Gasteiger partial charge in [-0.2, -0.15) is 0 Å². The van der Waals surface area contributed by atoms with E-state index < -0.39 is 32.4 Å². The third-order valence-electron chi connectivity index (χ3n) is 4.34. The Morgan fingerprint density at radius 2 is 1.91 bits per heavy atom. The first-order valence-electron chi connectivity index (χ1n) is 8.44. The summed E-state index contributed by atoms with van der Waals surface area (Å²) >= 11 is 0. The van der Waals surface area contributed by atoms with Crippen molar-refractivity contribution in [1.29, 1.82) is 0 Å². The molecule has 0 aromatic carbocycles. The summed E-state index contributed by atoms with van der Waals surface area (Å²) in [6.07, 6.45) is -1.21. The molecule has 5 heteroatoms. The molecule has 1 N–H and O–H groups in total. The average molecular weight is 332 g/mol. The zero-order chi connectivity index (χ0) is 18.3. The van der Waals surface area contributed by atoms with Gasteiger partial charge in [0, 0.05) is 0 Å². The number of hydrogen-bond acceptors (Lipinski definition) is 4. The summed E-state index contributed by atoms with van der Waals surface area (Å²) in [4.78, 5) is 0. The molecule has 0 saturated carbocycles. The molecule has 0 spiro atoms. The summed E-state index contributed by atoms with van der Waals surface area (Å²) in [5, 5.41) is 10.7. The maximum atomic E-state index is 10.7. The van der Waals surface area contributed by atoms with Crippen LogP contribution in [0.15, 0.2) is 11.6 Å². The van der Waals surface area contributed by atoms with Gasteiger partial charge in [0.1, 0.15) is 18.3 Å². The molecule has 1 fully saturated rings. The molecule has 0 aromatic heterocycles. The second-order valence-electron chi connectivity index (χ2n) is 8.31. The van der Waals surface area contributed by atoms with Crippen molar-refractivity contribution in [1.82, 2.24) is 0 Å². The Balaban J connectivity index is 2.91. The fourth-order valence-corrected chi connectivity index (χ4v) is 2.99. The van der Waals surface area contributed by atoms with E-state index in [0.717, 1.165) is 5.57 Å². The summed E-state index contributed by atoms with van der Waals surface area (Å²) in [5.74, 6) is -0.826. The number of ether oxygens (including phenoxy) is 2. The molecule has 1 aliphatic rings. The van der Waals surface area contributed by atoms with Crippen LogP contribution in [0.2, 0.25) is 18.1 Å².